The number of halogens is 1. The highest BCUT2D eigenvalue weighted by molar-refractivity contribution is 5.85. The fourth-order valence-corrected chi connectivity index (χ4v) is 3.73. The Kier molecular flexibility index (Phi) is 7.32. The fraction of sp³-hybridized carbons (Fsp3) is 0.938. The van der Waals surface area contributed by atoms with E-state index in [4.69, 9.17) is 5.73 Å². The van der Waals surface area contributed by atoms with Crippen molar-refractivity contribution in [2.24, 2.45) is 17.6 Å². The smallest absolute Gasteiger partial charge is 0.225 e. The van der Waals surface area contributed by atoms with E-state index < -0.39 is 0 Å². The molecule has 1 amide bonds. The molecule has 2 N–H and O–H groups in total. The molecule has 118 valence electrons. The summed E-state index contributed by atoms with van der Waals surface area (Å²) >= 11 is 0. The van der Waals surface area contributed by atoms with Crippen molar-refractivity contribution in [3.8, 4) is 0 Å². The normalized spacial score (nSPS) is 31.0. The maximum atomic E-state index is 12.8. The van der Waals surface area contributed by atoms with Crippen LogP contribution in [0.2, 0.25) is 0 Å². The third kappa shape index (κ3) is 4.63. The van der Waals surface area contributed by atoms with E-state index in [2.05, 4.69) is 18.7 Å². The number of carbonyl (C=O) groups is 1. The molecule has 4 heteroatoms. The predicted molar refractivity (Wildman–Crippen MR) is 86.0 cm³/mol. The summed E-state index contributed by atoms with van der Waals surface area (Å²) in [4.78, 5) is 15.0. The predicted octanol–water partition coefficient (Wildman–Crippen LogP) is 3.35. The molecule has 0 radical (unpaired) electrons. The average Bonchev–Trinajstić information content (AvgIpc) is 2.65. The van der Waals surface area contributed by atoms with Crippen molar-refractivity contribution < 1.29 is 4.79 Å². The molecule has 20 heavy (non-hydrogen) atoms. The van der Waals surface area contributed by atoms with Crippen molar-refractivity contribution in [1.82, 2.24) is 4.90 Å². The third-order valence-corrected chi connectivity index (χ3v) is 4.73. The van der Waals surface area contributed by atoms with Gasteiger partial charge in [0.25, 0.3) is 0 Å². The largest absolute Gasteiger partial charge is 0.339 e. The van der Waals surface area contributed by atoms with Gasteiger partial charge in [-0.1, -0.05) is 26.7 Å². The summed E-state index contributed by atoms with van der Waals surface area (Å²) in [6.07, 6.45) is 9.04. The second-order valence-electron chi connectivity index (χ2n) is 6.93. The van der Waals surface area contributed by atoms with Crippen molar-refractivity contribution in [1.29, 1.82) is 0 Å². The van der Waals surface area contributed by atoms with Crippen LogP contribution in [-0.4, -0.2) is 29.4 Å². The van der Waals surface area contributed by atoms with Gasteiger partial charge in [0.05, 0.1) is 0 Å². The second-order valence-corrected chi connectivity index (χ2v) is 6.93. The zero-order valence-corrected chi connectivity index (χ0v) is 13.8. The Bertz CT molecular complexity index is 309. The Hall–Kier alpha value is -0.280. The van der Waals surface area contributed by atoms with Crippen LogP contribution in [0.4, 0.5) is 0 Å². The Morgan fingerprint density at radius 1 is 1.20 bits per heavy atom. The SMILES string of the molecule is CC(C)CC1CCCCCN1C(=O)C1CCC(N)C1.Cl. The van der Waals surface area contributed by atoms with E-state index in [1.165, 1.54) is 25.7 Å². The minimum atomic E-state index is 0. The number of rotatable bonds is 3. The van der Waals surface area contributed by atoms with E-state index in [-0.39, 0.29) is 24.4 Å². The van der Waals surface area contributed by atoms with Gasteiger partial charge in [0.2, 0.25) is 5.91 Å². The van der Waals surface area contributed by atoms with E-state index in [1.807, 2.05) is 0 Å². The number of hydrogen-bond acceptors (Lipinski definition) is 2. The Morgan fingerprint density at radius 2 is 1.95 bits per heavy atom. The van der Waals surface area contributed by atoms with Crippen LogP contribution in [0.15, 0.2) is 0 Å². The molecule has 0 aromatic carbocycles. The van der Waals surface area contributed by atoms with E-state index in [0.717, 1.165) is 32.2 Å². The summed E-state index contributed by atoms with van der Waals surface area (Å²) in [5, 5.41) is 0. The monoisotopic (exact) mass is 302 g/mol. The van der Waals surface area contributed by atoms with Gasteiger partial charge in [0.15, 0.2) is 0 Å². The first-order valence-corrected chi connectivity index (χ1v) is 8.14. The minimum absolute atomic E-state index is 0. The first-order valence-electron chi connectivity index (χ1n) is 8.14. The average molecular weight is 303 g/mol. The van der Waals surface area contributed by atoms with Gasteiger partial charge in [-0.05, 0) is 44.4 Å². The minimum Gasteiger partial charge on any atom is -0.339 e. The number of nitrogens with two attached hydrogens (primary N) is 1. The lowest BCUT2D eigenvalue weighted by atomic mass is 9.97. The van der Waals surface area contributed by atoms with Gasteiger partial charge in [-0.25, -0.2) is 0 Å². The molecule has 0 aromatic rings. The van der Waals surface area contributed by atoms with E-state index >= 15 is 0 Å². The molecule has 1 saturated carbocycles. The number of nitrogens with zero attached hydrogens (tertiary/aromatic N) is 1. The molecule has 0 spiro atoms. The molecule has 0 aromatic heterocycles. The molecule has 0 bridgehead atoms. The van der Waals surface area contributed by atoms with Crippen LogP contribution in [0.1, 0.15) is 65.2 Å². The lowest BCUT2D eigenvalue weighted by Gasteiger charge is -2.33. The summed E-state index contributed by atoms with van der Waals surface area (Å²) in [7, 11) is 0. The van der Waals surface area contributed by atoms with Crippen LogP contribution in [0.5, 0.6) is 0 Å². The Balaban J connectivity index is 0.00000200. The number of carbonyl (C=O) groups excluding carboxylic acids is 1. The first kappa shape index (κ1) is 17.8. The van der Waals surface area contributed by atoms with Crippen molar-refractivity contribution >= 4 is 18.3 Å². The van der Waals surface area contributed by atoms with Crippen molar-refractivity contribution in [2.75, 3.05) is 6.54 Å². The molecule has 3 nitrogen and oxygen atoms in total. The van der Waals surface area contributed by atoms with Crippen LogP contribution in [-0.2, 0) is 4.79 Å². The lowest BCUT2D eigenvalue weighted by molar-refractivity contribution is -0.138. The standard InChI is InChI=1S/C16H30N2O.ClH/c1-12(2)10-15-6-4-3-5-9-18(15)16(19)13-7-8-14(17)11-13;/h12-15H,3-11,17H2,1-2H3;1H. The van der Waals surface area contributed by atoms with Gasteiger partial charge in [-0.2, -0.15) is 0 Å². The molecule has 2 rings (SSSR count). The van der Waals surface area contributed by atoms with Crippen LogP contribution in [0.25, 0.3) is 0 Å². The van der Waals surface area contributed by atoms with Gasteiger partial charge >= 0.3 is 0 Å². The van der Waals surface area contributed by atoms with E-state index in [9.17, 15) is 4.79 Å². The maximum Gasteiger partial charge on any atom is 0.225 e. The van der Waals surface area contributed by atoms with Gasteiger partial charge < -0.3 is 10.6 Å². The van der Waals surface area contributed by atoms with Gasteiger partial charge in [-0.15, -0.1) is 12.4 Å². The van der Waals surface area contributed by atoms with Crippen LogP contribution < -0.4 is 5.73 Å². The van der Waals surface area contributed by atoms with Gasteiger partial charge in [-0.3, -0.25) is 4.79 Å². The van der Waals surface area contributed by atoms with Crippen LogP contribution in [0.3, 0.4) is 0 Å². The summed E-state index contributed by atoms with van der Waals surface area (Å²) in [6, 6.07) is 0.733. The second kappa shape index (κ2) is 8.23. The quantitative estimate of drug-likeness (QED) is 0.869. The Morgan fingerprint density at radius 3 is 2.55 bits per heavy atom. The molecule has 1 aliphatic carbocycles. The number of hydrogen-bond donors (Lipinski definition) is 1. The topological polar surface area (TPSA) is 46.3 Å². The third-order valence-electron chi connectivity index (χ3n) is 4.73. The van der Waals surface area contributed by atoms with Gasteiger partial charge in [0.1, 0.15) is 0 Å². The molecule has 3 atom stereocenters. The first-order chi connectivity index (χ1) is 9.08. The highest BCUT2D eigenvalue weighted by Crippen LogP contribution is 2.30. The molecule has 2 fully saturated rings. The molecule has 1 aliphatic heterocycles. The van der Waals surface area contributed by atoms with Crippen molar-refractivity contribution in [3.63, 3.8) is 0 Å². The van der Waals surface area contributed by atoms with Gasteiger partial charge in [0, 0.05) is 24.5 Å². The lowest BCUT2D eigenvalue weighted by Crippen LogP contribution is -2.43. The summed E-state index contributed by atoms with van der Waals surface area (Å²) in [5.41, 5.74) is 5.97. The molecule has 2 aliphatic rings. The molecular formula is C16H31ClN2O. The highest BCUT2D eigenvalue weighted by atomic mass is 35.5. The molecular weight excluding hydrogens is 272 g/mol. The Labute approximate surface area is 130 Å². The van der Waals surface area contributed by atoms with E-state index in [1.54, 1.807) is 0 Å². The van der Waals surface area contributed by atoms with Crippen molar-refractivity contribution in [2.45, 2.75) is 77.3 Å². The zero-order chi connectivity index (χ0) is 13.8. The van der Waals surface area contributed by atoms with Crippen LogP contribution in [0, 0.1) is 11.8 Å². The maximum absolute atomic E-state index is 12.8. The number of amides is 1. The summed E-state index contributed by atoms with van der Waals surface area (Å²) in [6.45, 7) is 5.50. The fourth-order valence-electron chi connectivity index (χ4n) is 3.73. The molecule has 3 unspecified atom stereocenters. The van der Waals surface area contributed by atoms with E-state index in [0.29, 0.717) is 17.9 Å². The number of likely N-dealkylation sites (tertiary alicyclic amines) is 1. The van der Waals surface area contributed by atoms with Crippen molar-refractivity contribution in [3.05, 3.63) is 0 Å². The molecule has 1 saturated heterocycles. The highest BCUT2D eigenvalue weighted by Gasteiger charge is 2.34. The summed E-state index contributed by atoms with van der Waals surface area (Å²) in [5.74, 6) is 1.28. The zero-order valence-electron chi connectivity index (χ0n) is 13.0. The summed E-state index contributed by atoms with van der Waals surface area (Å²) < 4.78 is 0. The van der Waals surface area contributed by atoms with Crippen LogP contribution >= 0.6 is 12.4 Å². The molecule has 1 heterocycles.